The summed E-state index contributed by atoms with van der Waals surface area (Å²) in [5.74, 6) is 1.57. The SMILES string of the molecule is O=C1NC(CC2C=CC(OCCC3CO3)=CC2)C(=O)NC1Cc1ccc(OCCC2CO2)cc1. The molecule has 34 heavy (non-hydrogen) atoms. The Morgan fingerprint density at radius 3 is 2.18 bits per heavy atom. The molecule has 182 valence electrons. The molecule has 2 N–H and O–H groups in total. The predicted octanol–water partition coefficient (Wildman–Crippen LogP) is 2.04. The molecule has 3 aliphatic heterocycles. The van der Waals surface area contributed by atoms with E-state index in [0.717, 1.165) is 49.5 Å². The van der Waals surface area contributed by atoms with Crippen molar-refractivity contribution in [1.82, 2.24) is 10.6 Å². The highest BCUT2D eigenvalue weighted by molar-refractivity contribution is 5.97. The largest absolute Gasteiger partial charge is 0.494 e. The van der Waals surface area contributed by atoms with Crippen molar-refractivity contribution in [2.24, 2.45) is 5.92 Å². The molecule has 5 atom stereocenters. The van der Waals surface area contributed by atoms with E-state index in [-0.39, 0.29) is 17.7 Å². The Labute approximate surface area is 199 Å². The summed E-state index contributed by atoms with van der Waals surface area (Å²) >= 11 is 0. The predicted molar refractivity (Wildman–Crippen MR) is 124 cm³/mol. The van der Waals surface area contributed by atoms with Crippen LogP contribution in [0.25, 0.3) is 0 Å². The summed E-state index contributed by atoms with van der Waals surface area (Å²) < 4.78 is 21.8. The van der Waals surface area contributed by atoms with Gasteiger partial charge in [-0.2, -0.15) is 0 Å². The number of carbonyl (C=O) groups excluding carboxylic acids is 2. The van der Waals surface area contributed by atoms with Gasteiger partial charge in [0.15, 0.2) is 0 Å². The number of hydrogen-bond donors (Lipinski definition) is 2. The molecule has 1 aromatic rings. The number of nitrogens with one attached hydrogen (secondary N) is 2. The molecular formula is C26H32N2O6. The monoisotopic (exact) mass is 468 g/mol. The third kappa shape index (κ3) is 6.61. The van der Waals surface area contributed by atoms with Crippen LogP contribution in [0, 0.1) is 5.92 Å². The van der Waals surface area contributed by atoms with Gasteiger partial charge in [0.05, 0.1) is 38.6 Å². The fraction of sp³-hybridized carbons (Fsp3) is 0.538. The Morgan fingerprint density at radius 2 is 1.53 bits per heavy atom. The smallest absolute Gasteiger partial charge is 0.243 e. The third-order valence-corrected chi connectivity index (χ3v) is 6.54. The van der Waals surface area contributed by atoms with Gasteiger partial charge in [-0.1, -0.05) is 18.2 Å². The molecule has 3 saturated heterocycles. The van der Waals surface area contributed by atoms with Crippen LogP contribution in [0.2, 0.25) is 0 Å². The number of benzene rings is 1. The molecule has 1 aromatic carbocycles. The van der Waals surface area contributed by atoms with Gasteiger partial charge in [-0.3, -0.25) is 9.59 Å². The van der Waals surface area contributed by atoms with Crippen LogP contribution in [0.5, 0.6) is 5.75 Å². The van der Waals surface area contributed by atoms with Crippen molar-refractivity contribution in [2.45, 2.75) is 56.4 Å². The average molecular weight is 469 g/mol. The maximum Gasteiger partial charge on any atom is 0.243 e. The lowest BCUT2D eigenvalue weighted by Crippen LogP contribution is -2.62. The Balaban J connectivity index is 1.04. The highest BCUT2D eigenvalue weighted by Gasteiger charge is 2.34. The molecule has 0 bridgehead atoms. The van der Waals surface area contributed by atoms with E-state index in [1.165, 1.54) is 0 Å². The number of epoxide rings is 2. The molecule has 8 nitrogen and oxygen atoms in total. The number of piperazine rings is 1. The topological polar surface area (TPSA) is 102 Å². The fourth-order valence-electron chi connectivity index (χ4n) is 4.26. The van der Waals surface area contributed by atoms with Gasteiger partial charge >= 0.3 is 0 Å². The summed E-state index contributed by atoms with van der Waals surface area (Å²) in [7, 11) is 0. The maximum atomic E-state index is 12.7. The van der Waals surface area contributed by atoms with E-state index in [1.807, 2.05) is 30.3 Å². The second kappa shape index (κ2) is 10.6. The van der Waals surface area contributed by atoms with Gasteiger partial charge in [-0.25, -0.2) is 0 Å². The van der Waals surface area contributed by atoms with Gasteiger partial charge in [0.1, 0.15) is 23.6 Å². The molecule has 3 heterocycles. The van der Waals surface area contributed by atoms with E-state index in [2.05, 4.69) is 22.8 Å². The number of hydrogen-bond acceptors (Lipinski definition) is 6. The zero-order chi connectivity index (χ0) is 23.3. The summed E-state index contributed by atoms with van der Waals surface area (Å²) in [5.41, 5.74) is 0.970. The van der Waals surface area contributed by atoms with E-state index >= 15 is 0 Å². The third-order valence-electron chi connectivity index (χ3n) is 6.54. The van der Waals surface area contributed by atoms with Crippen LogP contribution in [-0.2, 0) is 30.2 Å². The van der Waals surface area contributed by atoms with E-state index in [0.29, 0.717) is 38.3 Å². The minimum absolute atomic E-state index is 0.129. The van der Waals surface area contributed by atoms with Gasteiger partial charge in [0, 0.05) is 19.3 Å². The minimum Gasteiger partial charge on any atom is -0.494 e. The normalized spacial score (nSPS) is 29.6. The zero-order valence-corrected chi connectivity index (χ0v) is 19.2. The molecule has 0 spiro atoms. The molecule has 1 aliphatic carbocycles. The van der Waals surface area contributed by atoms with Gasteiger partial charge in [-0.15, -0.1) is 0 Å². The summed E-state index contributed by atoms with van der Waals surface area (Å²) in [6, 6.07) is 6.58. The molecule has 0 aromatic heterocycles. The molecule has 0 saturated carbocycles. The number of amides is 2. The first-order chi connectivity index (χ1) is 16.6. The highest BCUT2D eigenvalue weighted by Crippen LogP contribution is 2.24. The Bertz CT molecular complexity index is 935. The molecule has 5 unspecified atom stereocenters. The van der Waals surface area contributed by atoms with Crippen molar-refractivity contribution in [3.05, 3.63) is 53.8 Å². The summed E-state index contributed by atoms with van der Waals surface area (Å²) in [6.45, 7) is 2.95. The lowest BCUT2D eigenvalue weighted by Gasteiger charge is -2.31. The van der Waals surface area contributed by atoms with Crippen molar-refractivity contribution in [1.29, 1.82) is 0 Å². The number of allylic oxidation sites excluding steroid dienone is 3. The van der Waals surface area contributed by atoms with E-state index < -0.39 is 12.1 Å². The van der Waals surface area contributed by atoms with Crippen LogP contribution >= 0.6 is 0 Å². The Morgan fingerprint density at radius 1 is 0.882 bits per heavy atom. The molecular weight excluding hydrogens is 436 g/mol. The van der Waals surface area contributed by atoms with E-state index in [4.69, 9.17) is 18.9 Å². The maximum absolute atomic E-state index is 12.7. The second-order valence-corrected chi connectivity index (χ2v) is 9.35. The van der Waals surface area contributed by atoms with Crippen LogP contribution in [0.4, 0.5) is 0 Å². The molecule has 8 heteroatoms. The van der Waals surface area contributed by atoms with Crippen molar-refractivity contribution in [3.8, 4) is 5.75 Å². The van der Waals surface area contributed by atoms with Crippen LogP contribution in [0.15, 0.2) is 48.3 Å². The number of ether oxygens (including phenoxy) is 4. The molecule has 2 amide bonds. The summed E-state index contributed by atoms with van der Waals surface area (Å²) in [6.07, 6.45) is 10.4. The van der Waals surface area contributed by atoms with Crippen LogP contribution in [0.1, 0.15) is 31.2 Å². The first-order valence-corrected chi connectivity index (χ1v) is 12.2. The van der Waals surface area contributed by atoms with Crippen LogP contribution in [-0.4, -0.2) is 62.5 Å². The van der Waals surface area contributed by atoms with Crippen molar-refractivity contribution < 1.29 is 28.5 Å². The number of rotatable bonds is 12. The van der Waals surface area contributed by atoms with E-state index in [1.54, 1.807) is 0 Å². The van der Waals surface area contributed by atoms with Crippen molar-refractivity contribution >= 4 is 11.8 Å². The lowest BCUT2D eigenvalue weighted by molar-refractivity contribution is -0.137. The zero-order valence-electron chi connectivity index (χ0n) is 19.2. The van der Waals surface area contributed by atoms with Gasteiger partial charge in [-0.05, 0) is 48.6 Å². The van der Waals surface area contributed by atoms with Crippen molar-refractivity contribution in [2.75, 3.05) is 26.4 Å². The van der Waals surface area contributed by atoms with Gasteiger partial charge in [0.2, 0.25) is 11.8 Å². The molecule has 4 aliphatic rings. The molecule has 0 radical (unpaired) electrons. The average Bonchev–Trinajstić information content (AvgIpc) is 3.76. The van der Waals surface area contributed by atoms with Gasteiger partial charge < -0.3 is 29.6 Å². The minimum atomic E-state index is -0.570. The van der Waals surface area contributed by atoms with E-state index in [9.17, 15) is 9.59 Å². The highest BCUT2D eigenvalue weighted by atomic mass is 16.6. The fourth-order valence-corrected chi connectivity index (χ4v) is 4.26. The van der Waals surface area contributed by atoms with Crippen LogP contribution < -0.4 is 15.4 Å². The Hall–Kier alpha value is -2.84. The Kier molecular flexibility index (Phi) is 7.16. The lowest BCUT2D eigenvalue weighted by atomic mass is 9.91. The first-order valence-electron chi connectivity index (χ1n) is 12.2. The van der Waals surface area contributed by atoms with Crippen LogP contribution in [0.3, 0.4) is 0 Å². The number of carbonyl (C=O) groups is 2. The summed E-state index contributed by atoms with van der Waals surface area (Å²) in [4.78, 5) is 25.4. The summed E-state index contributed by atoms with van der Waals surface area (Å²) in [5, 5.41) is 5.82. The molecule has 5 rings (SSSR count). The second-order valence-electron chi connectivity index (χ2n) is 9.35. The first kappa shape index (κ1) is 22.9. The standard InChI is InChI=1S/C26H32N2O6/c29-25-23(13-17-1-5-19(6-2-17)31-11-9-21-15-33-21)27-26(30)24(28-25)14-18-3-7-20(8-4-18)32-12-10-22-16-34-22/h1-3,5-8,18,21-24H,4,9-16H2,(H,27,30)(H,28,29). The quantitative estimate of drug-likeness (QED) is 0.455. The van der Waals surface area contributed by atoms with Gasteiger partial charge in [0.25, 0.3) is 0 Å². The van der Waals surface area contributed by atoms with Crippen molar-refractivity contribution in [3.63, 3.8) is 0 Å². The molecule has 3 fully saturated rings.